The van der Waals surface area contributed by atoms with Crippen molar-refractivity contribution in [1.29, 1.82) is 5.26 Å². The molecule has 0 aliphatic heterocycles. The number of amides is 1. The van der Waals surface area contributed by atoms with Gasteiger partial charge in [-0.1, -0.05) is 13.8 Å². The number of hydrogen-bond acceptors (Lipinski definition) is 4. The maximum atomic E-state index is 11.6. The molecule has 98 valence electrons. The summed E-state index contributed by atoms with van der Waals surface area (Å²) in [5, 5.41) is 8.37. The number of rotatable bonds is 7. The van der Waals surface area contributed by atoms with Crippen LogP contribution in [0.3, 0.4) is 0 Å². The molecule has 0 unspecified atom stereocenters. The SMILES string of the molecule is CC(C)CS(=O)(=O)CCC(=O)N(C)CCC#N. The molecule has 0 aliphatic carbocycles. The van der Waals surface area contributed by atoms with E-state index in [0.29, 0.717) is 6.54 Å². The van der Waals surface area contributed by atoms with Crippen LogP contribution in [0.5, 0.6) is 0 Å². The molecule has 0 aromatic carbocycles. The van der Waals surface area contributed by atoms with E-state index in [1.807, 2.05) is 19.9 Å². The quantitative estimate of drug-likeness (QED) is 0.679. The number of sulfone groups is 1. The van der Waals surface area contributed by atoms with Crippen LogP contribution in [0.1, 0.15) is 26.7 Å². The summed E-state index contributed by atoms with van der Waals surface area (Å²) in [4.78, 5) is 12.9. The average molecular weight is 260 g/mol. The lowest BCUT2D eigenvalue weighted by Gasteiger charge is -2.15. The fraction of sp³-hybridized carbons (Fsp3) is 0.818. The number of carbonyl (C=O) groups is 1. The minimum atomic E-state index is -3.14. The lowest BCUT2D eigenvalue weighted by molar-refractivity contribution is -0.129. The standard InChI is InChI=1S/C11H20N2O3S/c1-10(2)9-17(15,16)8-5-11(14)13(3)7-4-6-12/h10H,4-5,7-9H2,1-3H3. The normalized spacial score (nSPS) is 11.2. The molecular formula is C11H20N2O3S. The van der Waals surface area contributed by atoms with Gasteiger partial charge in [0.25, 0.3) is 0 Å². The van der Waals surface area contributed by atoms with Gasteiger partial charge in [-0.05, 0) is 5.92 Å². The largest absolute Gasteiger partial charge is 0.345 e. The highest BCUT2D eigenvalue weighted by molar-refractivity contribution is 7.91. The van der Waals surface area contributed by atoms with Gasteiger partial charge in [0.2, 0.25) is 5.91 Å². The molecule has 6 heteroatoms. The van der Waals surface area contributed by atoms with Crippen molar-refractivity contribution >= 4 is 15.7 Å². The second-order valence-electron chi connectivity index (χ2n) is 4.48. The van der Waals surface area contributed by atoms with Crippen LogP contribution in [-0.4, -0.2) is 44.3 Å². The maximum Gasteiger partial charge on any atom is 0.223 e. The van der Waals surface area contributed by atoms with Crippen LogP contribution in [0.25, 0.3) is 0 Å². The molecule has 0 aromatic heterocycles. The second kappa shape index (κ2) is 7.28. The summed E-state index contributed by atoms with van der Waals surface area (Å²) < 4.78 is 23.1. The first-order chi connectivity index (χ1) is 7.78. The Balaban J connectivity index is 4.12. The zero-order valence-electron chi connectivity index (χ0n) is 10.6. The molecule has 0 heterocycles. The first kappa shape index (κ1) is 15.9. The number of carbonyl (C=O) groups excluding carboxylic acids is 1. The predicted octanol–water partition coefficient (Wildman–Crippen LogP) is 0.819. The van der Waals surface area contributed by atoms with E-state index < -0.39 is 9.84 Å². The Bertz CT molecular complexity index is 382. The first-order valence-electron chi connectivity index (χ1n) is 5.60. The third kappa shape index (κ3) is 7.75. The van der Waals surface area contributed by atoms with Crippen molar-refractivity contribution < 1.29 is 13.2 Å². The third-order valence-corrected chi connectivity index (χ3v) is 4.20. The van der Waals surface area contributed by atoms with Gasteiger partial charge in [-0.25, -0.2) is 8.42 Å². The van der Waals surface area contributed by atoms with Gasteiger partial charge in [0.15, 0.2) is 9.84 Å². The first-order valence-corrected chi connectivity index (χ1v) is 7.42. The van der Waals surface area contributed by atoms with Crippen molar-refractivity contribution in [3.63, 3.8) is 0 Å². The molecule has 0 rings (SSSR count). The van der Waals surface area contributed by atoms with E-state index in [1.54, 1.807) is 7.05 Å². The number of nitriles is 1. The molecule has 0 aliphatic rings. The van der Waals surface area contributed by atoms with Gasteiger partial charge in [0.1, 0.15) is 0 Å². The molecule has 1 amide bonds. The van der Waals surface area contributed by atoms with E-state index >= 15 is 0 Å². The van der Waals surface area contributed by atoms with Crippen molar-refractivity contribution in [2.75, 3.05) is 25.1 Å². The van der Waals surface area contributed by atoms with Gasteiger partial charge in [-0.3, -0.25) is 4.79 Å². The second-order valence-corrected chi connectivity index (χ2v) is 6.71. The molecule has 0 bridgehead atoms. The van der Waals surface area contributed by atoms with Crippen molar-refractivity contribution in [2.45, 2.75) is 26.7 Å². The molecule has 0 atom stereocenters. The molecule has 0 saturated carbocycles. The van der Waals surface area contributed by atoms with Crippen LogP contribution in [-0.2, 0) is 14.6 Å². The van der Waals surface area contributed by atoms with Gasteiger partial charge in [-0.15, -0.1) is 0 Å². The molecule has 0 spiro atoms. The van der Waals surface area contributed by atoms with E-state index in [2.05, 4.69) is 0 Å². The van der Waals surface area contributed by atoms with Crippen LogP contribution in [0.15, 0.2) is 0 Å². The Labute approximate surface area is 103 Å². The van der Waals surface area contributed by atoms with Crippen LogP contribution in [0.2, 0.25) is 0 Å². The maximum absolute atomic E-state index is 11.6. The van der Waals surface area contributed by atoms with E-state index in [1.165, 1.54) is 4.90 Å². The Morgan fingerprint density at radius 1 is 1.41 bits per heavy atom. The van der Waals surface area contributed by atoms with Crippen LogP contribution >= 0.6 is 0 Å². The Hall–Kier alpha value is -1.09. The Morgan fingerprint density at radius 2 is 2.00 bits per heavy atom. The Morgan fingerprint density at radius 3 is 2.47 bits per heavy atom. The van der Waals surface area contributed by atoms with E-state index in [9.17, 15) is 13.2 Å². The summed E-state index contributed by atoms with van der Waals surface area (Å²) in [6, 6.07) is 1.94. The highest BCUT2D eigenvalue weighted by Crippen LogP contribution is 2.04. The van der Waals surface area contributed by atoms with Crippen molar-refractivity contribution in [2.24, 2.45) is 5.92 Å². The number of nitrogens with zero attached hydrogens (tertiary/aromatic N) is 2. The average Bonchev–Trinajstić information content (AvgIpc) is 2.20. The highest BCUT2D eigenvalue weighted by Gasteiger charge is 2.17. The monoisotopic (exact) mass is 260 g/mol. The molecule has 0 N–H and O–H groups in total. The van der Waals surface area contributed by atoms with Gasteiger partial charge >= 0.3 is 0 Å². The molecule has 0 fully saturated rings. The molecular weight excluding hydrogens is 240 g/mol. The van der Waals surface area contributed by atoms with Crippen LogP contribution < -0.4 is 0 Å². The number of hydrogen-bond donors (Lipinski definition) is 0. The van der Waals surface area contributed by atoms with Crippen molar-refractivity contribution in [3.8, 4) is 6.07 Å². The minimum Gasteiger partial charge on any atom is -0.345 e. The fourth-order valence-electron chi connectivity index (χ4n) is 1.37. The molecule has 17 heavy (non-hydrogen) atoms. The smallest absolute Gasteiger partial charge is 0.223 e. The minimum absolute atomic E-state index is 0.00299. The van der Waals surface area contributed by atoms with Crippen molar-refractivity contribution in [3.05, 3.63) is 0 Å². The Kier molecular flexibility index (Phi) is 6.81. The third-order valence-electron chi connectivity index (χ3n) is 2.20. The van der Waals surface area contributed by atoms with Gasteiger partial charge < -0.3 is 4.90 Å². The van der Waals surface area contributed by atoms with Crippen molar-refractivity contribution in [1.82, 2.24) is 4.90 Å². The van der Waals surface area contributed by atoms with Gasteiger partial charge in [0, 0.05) is 20.0 Å². The highest BCUT2D eigenvalue weighted by atomic mass is 32.2. The lowest BCUT2D eigenvalue weighted by Crippen LogP contribution is -2.29. The van der Waals surface area contributed by atoms with Crippen LogP contribution in [0, 0.1) is 17.2 Å². The van der Waals surface area contributed by atoms with E-state index in [4.69, 9.17) is 5.26 Å². The summed E-state index contributed by atoms with van der Waals surface area (Å²) >= 11 is 0. The van der Waals surface area contributed by atoms with E-state index in [0.717, 1.165) is 0 Å². The molecule has 5 nitrogen and oxygen atoms in total. The lowest BCUT2D eigenvalue weighted by atomic mass is 10.3. The van der Waals surface area contributed by atoms with E-state index in [-0.39, 0.29) is 36.2 Å². The zero-order valence-corrected chi connectivity index (χ0v) is 11.5. The summed E-state index contributed by atoms with van der Waals surface area (Å²) in [6.45, 7) is 4.01. The predicted molar refractivity (Wildman–Crippen MR) is 66.0 cm³/mol. The molecule has 0 saturated heterocycles. The summed E-state index contributed by atoms with van der Waals surface area (Å²) in [7, 11) is -1.56. The van der Waals surface area contributed by atoms with Gasteiger partial charge in [0.05, 0.1) is 24.0 Å². The van der Waals surface area contributed by atoms with Crippen LogP contribution in [0.4, 0.5) is 0 Å². The topological polar surface area (TPSA) is 78.2 Å². The molecule has 0 radical (unpaired) electrons. The van der Waals surface area contributed by atoms with Gasteiger partial charge in [-0.2, -0.15) is 5.26 Å². The summed E-state index contributed by atoms with van der Waals surface area (Å²) in [6.07, 6.45) is 0.262. The molecule has 0 aromatic rings. The summed E-state index contributed by atoms with van der Waals surface area (Å²) in [5.74, 6) is -0.151. The fourth-order valence-corrected chi connectivity index (χ4v) is 3.04. The zero-order chi connectivity index (χ0) is 13.5. The summed E-state index contributed by atoms with van der Waals surface area (Å²) in [5.41, 5.74) is 0.